The molecule has 0 aromatic carbocycles. The summed E-state index contributed by atoms with van der Waals surface area (Å²) in [5.41, 5.74) is 0.475. The maximum Gasteiger partial charge on any atom is 0.158 e. The molecular formula is C14H22ClN3O. The lowest BCUT2D eigenvalue weighted by atomic mass is 9.75. The SMILES string of the molecule is COCc1nc(Cl)cc(NC2CCC(C)(C)CC2)n1. The van der Waals surface area contributed by atoms with Crippen LogP contribution in [0.5, 0.6) is 0 Å². The third-order valence-corrected chi connectivity index (χ3v) is 3.90. The number of hydrogen-bond donors (Lipinski definition) is 1. The van der Waals surface area contributed by atoms with Gasteiger partial charge in [-0.3, -0.25) is 0 Å². The van der Waals surface area contributed by atoms with Gasteiger partial charge in [0.1, 0.15) is 17.6 Å². The van der Waals surface area contributed by atoms with Gasteiger partial charge in [-0.05, 0) is 31.1 Å². The van der Waals surface area contributed by atoms with E-state index in [-0.39, 0.29) is 0 Å². The van der Waals surface area contributed by atoms with E-state index in [1.807, 2.05) is 0 Å². The second kappa shape index (κ2) is 6.06. The van der Waals surface area contributed by atoms with Gasteiger partial charge in [-0.1, -0.05) is 25.4 Å². The Morgan fingerprint density at radius 3 is 2.68 bits per heavy atom. The summed E-state index contributed by atoms with van der Waals surface area (Å²) in [6, 6.07) is 2.26. The van der Waals surface area contributed by atoms with E-state index in [4.69, 9.17) is 16.3 Å². The molecule has 0 aliphatic heterocycles. The summed E-state index contributed by atoms with van der Waals surface area (Å²) >= 11 is 6.00. The fourth-order valence-corrected chi connectivity index (χ4v) is 2.69. The minimum absolute atomic E-state index is 0.382. The first-order valence-electron chi connectivity index (χ1n) is 6.77. The summed E-state index contributed by atoms with van der Waals surface area (Å²) in [4.78, 5) is 8.55. The molecule has 1 aliphatic rings. The lowest BCUT2D eigenvalue weighted by Crippen LogP contribution is -2.30. The topological polar surface area (TPSA) is 47.0 Å². The van der Waals surface area contributed by atoms with Crippen LogP contribution in [-0.2, 0) is 11.3 Å². The largest absolute Gasteiger partial charge is 0.377 e. The molecule has 1 saturated carbocycles. The van der Waals surface area contributed by atoms with Crippen molar-refractivity contribution in [2.45, 2.75) is 52.2 Å². The van der Waals surface area contributed by atoms with Crippen molar-refractivity contribution >= 4 is 17.4 Å². The van der Waals surface area contributed by atoms with E-state index in [0.29, 0.717) is 29.0 Å². The Labute approximate surface area is 119 Å². The highest BCUT2D eigenvalue weighted by Gasteiger charge is 2.26. The number of nitrogens with zero attached hydrogens (tertiary/aromatic N) is 2. The van der Waals surface area contributed by atoms with E-state index in [1.54, 1.807) is 13.2 Å². The highest BCUT2D eigenvalue weighted by Crippen LogP contribution is 2.36. The van der Waals surface area contributed by atoms with Crippen LogP contribution in [-0.4, -0.2) is 23.1 Å². The van der Waals surface area contributed by atoms with Crippen LogP contribution in [0.15, 0.2) is 6.07 Å². The van der Waals surface area contributed by atoms with Crippen molar-refractivity contribution in [3.8, 4) is 0 Å². The van der Waals surface area contributed by atoms with E-state index in [2.05, 4.69) is 29.1 Å². The fraction of sp³-hybridized carbons (Fsp3) is 0.714. The van der Waals surface area contributed by atoms with Gasteiger partial charge in [0.15, 0.2) is 5.82 Å². The summed E-state index contributed by atoms with van der Waals surface area (Å²) in [6.07, 6.45) is 4.84. The van der Waals surface area contributed by atoms with E-state index in [1.165, 1.54) is 25.7 Å². The van der Waals surface area contributed by atoms with Gasteiger partial charge in [0.2, 0.25) is 0 Å². The second-order valence-electron chi connectivity index (χ2n) is 6.01. The third-order valence-electron chi connectivity index (χ3n) is 3.71. The van der Waals surface area contributed by atoms with E-state index >= 15 is 0 Å². The first kappa shape index (κ1) is 14.5. The molecule has 0 unspecified atom stereocenters. The Bertz CT molecular complexity index is 427. The van der Waals surface area contributed by atoms with Crippen LogP contribution in [0.1, 0.15) is 45.4 Å². The van der Waals surface area contributed by atoms with Crippen LogP contribution in [0.3, 0.4) is 0 Å². The minimum Gasteiger partial charge on any atom is -0.377 e. The van der Waals surface area contributed by atoms with E-state index < -0.39 is 0 Å². The number of ether oxygens (including phenoxy) is 1. The minimum atomic E-state index is 0.382. The van der Waals surface area contributed by atoms with Crippen LogP contribution < -0.4 is 5.32 Å². The Kier molecular flexibility index (Phi) is 4.63. The standard InChI is InChI=1S/C14H22ClN3O/c1-14(2)6-4-10(5-7-14)16-12-8-11(15)17-13(18-12)9-19-3/h8,10H,4-7,9H2,1-3H3,(H,16,17,18). The van der Waals surface area contributed by atoms with Gasteiger partial charge in [0, 0.05) is 19.2 Å². The molecule has 4 nitrogen and oxygen atoms in total. The molecular weight excluding hydrogens is 262 g/mol. The Hall–Kier alpha value is -0.870. The lowest BCUT2D eigenvalue weighted by molar-refractivity contribution is 0.178. The molecule has 0 spiro atoms. The Balaban J connectivity index is 1.99. The number of rotatable bonds is 4. The number of aromatic nitrogens is 2. The molecule has 2 rings (SSSR count). The van der Waals surface area contributed by atoms with Crippen molar-refractivity contribution in [1.82, 2.24) is 9.97 Å². The predicted molar refractivity (Wildman–Crippen MR) is 77.4 cm³/mol. The molecule has 5 heteroatoms. The average Bonchev–Trinajstić information content (AvgIpc) is 2.32. The highest BCUT2D eigenvalue weighted by molar-refractivity contribution is 6.29. The van der Waals surface area contributed by atoms with Gasteiger partial charge in [-0.25, -0.2) is 9.97 Å². The van der Waals surface area contributed by atoms with Crippen molar-refractivity contribution in [2.24, 2.45) is 5.41 Å². The maximum absolute atomic E-state index is 6.00. The molecule has 1 heterocycles. The highest BCUT2D eigenvalue weighted by atomic mass is 35.5. The number of anilines is 1. The van der Waals surface area contributed by atoms with Crippen LogP contribution >= 0.6 is 11.6 Å². The molecule has 1 aromatic heterocycles. The second-order valence-corrected chi connectivity index (χ2v) is 6.40. The predicted octanol–water partition coefficient (Wildman–Crippen LogP) is 3.66. The normalized spacial score (nSPS) is 19.4. The number of hydrogen-bond acceptors (Lipinski definition) is 4. The Morgan fingerprint density at radius 2 is 2.05 bits per heavy atom. The molecule has 1 fully saturated rings. The number of halogens is 1. The lowest BCUT2D eigenvalue weighted by Gasteiger charge is -2.34. The molecule has 1 aliphatic carbocycles. The average molecular weight is 284 g/mol. The van der Waals surface area contributed by atoms with Crippen LogP contribution in [0.2, 0.25) is 5.15 Å². The van der Waals surface area contributed by atoms with E-state index in [0.717, 1.165) is 5.82 Å². The fourth-order valence-electron chi connectivity index (χ4n) is 2.49. The molecule has 1 aromatic rings. The molecule has 0 bridgehead atoms. The number of methoxy groups -OCH3 is 1. The van der Waals surface area contributed by atoms with Crippen molar-refractivity contribution in [3.63, 3.8) is 0 Å². The maximum atomic E-state index is 6.00. The van der Waals surface area contributed by atoms with Crippen molar-refractivity contribution in [1.29, 1.82) is 0 Å². The zero-order valence-corrected chi connectivity index (χ0v) is 12.6. The van der Waals surface area contributed by atoms with Crippen LogP contribution in [0, 0.1) is 5.41 Å². The first-order valence-corrected chi connectivity index (χ1v) is 7.15. The van der Waals surface area contributed by atoms with Gasteiger partial charge in [-0.2, -0.15) is 0 Å². The molecule has 0 atom stereocenters. The first-order chi connectivity index (χ1) is 8.98. The molecule has 0 amide bonds. The summed E-state index contributed by atoms with van der Waals surface area (Å²) < 4.78 is 5.04. The summed E-state index contributed by atoms with van der Waals surface area (Å²) in [5, 5.41) is 3.93. The van der Waals surface area contributed by atoms with Crippen LogP contribution in [0.4, 0.5) is 5.82 Å². The van der Waals surface area contributed by atoms with E-state index in [9.17, 15) is 0 Å². The smallest absolute Gasteiger partial charge is 0.158 e. The van der Waals surface area contributed by atoms with Gasteiger partial charge in [-0.15, -0.1) is 0 Å². The summed E-state index contributed by atoms with van der Waals surface area (Å²) in [7, 11) is 1.63. The van der Waals surface area contributed by atoms with Crippen molar-refractivity contribution < 1.29 is 4.74 Å². The molecule has 106 valence electrons. The zero-order valence-electron chi connectivity index (χ0n) is 11.9. The van der Waals surface area contributed by atoms with Gasteiger partial charge in [0.25, 0.3) is 0 Å². The molecule has 19 heavy (non-hydrogen) atoms. The van der Waals surface area contributed by atoms with Gasteiger partial charge >= 0.3 is 0 Å². The molecule has 0 saturated heterocycles. The zero-order chi connectivity index (χ0) is 13.9. The third kappa shape index (κ3) is 4.32. The summed E-state index contributed by atoms with van der Waals surface area (Å²) in [5.74, 6) is 1.42. The molecule has 1 N–H and O–H groups in total. The van der Waals surface area contributed by atoms with Crippen molar-refractivity contribution in [2.75, 3.05) is 12.4 Å². The van der Waals surface area contributed by atoms with Crippen LogP contribution in [0.25, 0.3) is 0 Å². The monoisotopic (exact) mass is 283 g/mol. The van der Waals surface area contributed by atoms with Crippen molar-refractivity contribution in [3.05, 3.63) is 17.0 Å². The molecule has 0 radical (unpaired) electrons. The summed E-state index contributed by atoms with van der Waals surface area (Å²) in [6.45, 7) is 5.05. The quantitative estimate of drug-likeness (QED) is 0.857. The van der Waals surface area contributed by atoms with Gasteiger partial charge < -0.3 is 10.1 Å². The Morgan fingerprint density at radius 1 is 1.37 bits per heavy atom. The van der Waals surface area contributed by atoms with Gasteiger partial charge in [0.05, 0.1) is 0 Å². The number of nitrogens with one attached hydrogen (secondary N) is 1.